The number of sulfonamides is 1. The Labute approximate surface area is 123 Å². The molecule has 5 nitrogen and oxygen atoms in total. The topological polar surface area (TPSA) is 74.8 Å². The average Bonchev–Trinajstić information content (AvgIpc) is 2.90. The van der Waals surface area contributed by atoms with Gasteiger partial charge in [0.2, 0.25) is 0 Å². The largest absolute Gasteiger partial charge is 0.345 e. The van der Waals surface area contributed by atoms with E-state index in [1.165, 1.54) is 0 Å². The first-order chi connectivity index (χ1) is 9.97. The van der Waals surface area contributed by atoms with Crippen molar-refractivity contribution in [1.82, 2.24) is 9.97 Å². The highest BCUT2D eigenvalue weighted by molar-refractivity contribution is 7.92. The summed E-state index contributed by atoms with van der Waals surface area (Å²) in [5.41, 5.74) is 3.84. The summed E-state index contributed by atoms with van der Waals surface area (Å²) in [6.45, 7) is 3.76. The van der Waals surface area contributed by atoms with Gasteiger partial charge in [-0.3, -0.25) is 4.72 Å². The van der Waals surface area contributed by atoms with Gasteiger partial charge in [-0.05, 0) is 43.2 Å². The maximum Gasteiger partial charge on any atom is 0.261 e. The van der Waals surface area contributed by atoms with Gasteiger partial charge in [0.15, 0.2) is 0 Å². The van der Waals surface area contributed by atoms with Crippen LogP contribution in [0, 0.1) is 13.8 Å². The van der Waals surface area contributed by atoms with Gasteiger partial charge in [0.05, 0.1) is 27.9 Å². The Bertz CT molecular complexity index is 893. The molecule has 0 aliphatic heterocycles. The van der Waals surface area contributed by atoms with E-state index < -0.39 is 10.0 Å². The molecule has 0 atom stereocenters. The van der Waals surface area contributed by atoms with E-state index in [-0.39, 0.29) is 4.90 Å². The van der Waals surface area contributed by atoms with E-state index >= 15 is 0 Å². The molecule has 108 valence electrons. The molecule has 0 bridgehead atoms. The van der Waals surface area contributed by atoms with Crippen molar-refractivity contribution in [2.24, 2.45) is 0 Å². The molecule has 0 unspecified atom stereocenters. The Balaban J connectivity index is 2.04. The van der Waals surface area contributed by atoms with Crippen molar-refractivity contribution in [2.75, 3.05) is 4.72 Å². The van der Waals surface area contributed by atoms with Gasteiger partial charge in [0.1, 0.15) is 0 Å². The number of aromatic nitrogens is 2. The molecule has 0 radical (unpaired) electrons. The highest BCUT2D eigenvalue weighted by atomic mass is 32.2. The summed E-state index contributed by atoms with van der Waals surface area (Å²) < 4.78 is 27.7. The summed E-state index contributed by atoms with van der Waals surface area (Å²) in [5.74, 6) is 0. The number of imidazole rings is 1. The normalized spacial score (nSPS) is 11.7. The van der Waals surface area contributed by atoms with Crippen LogP contribution < -0.4 is 4.72 Å². The molecule has 0 saturated carbocycles. The number of nitrogens with one attached hydrogen (secondary N) is 2. The van der Waals surface area contributed by atoms with Crippen LogP contribution in [0.15, 0.2) is 47.6 Å². The summed E-state index contributed by atoms with van der Waals surface area (Å²) >= 11 is 0. The second kappa shape index (κ2) is 4.89. The first kappa shape index (κ1) is 13.6. The molecule has 0 saturated heterocycles. The summed E-state index contributed by atoms with van der Waals surface area (Å²) in [4.78, 5) is 7.21. The van der Waals surface area contributed by atoms with Crippen molar-refractivity contribution in [1.29, 1.82) is 0 Å². The molecule has 0 aliphatic rings. The van der Waals surface area contributed by atoms with E-state index in [4.69, 9.17) is 0 Å². The Morgan fingerprint density at radius 3 is 2.52 bits per heavy atom. The fraction of sp³-hybridized carbons (Fsp3) is 0.133. The maximum atomic E-state index is 12.5. The third-order valence-electron chi connectivity index (χ3n) is 3.42. The molecule has 1 aromatic heterocycles. The number of rotatable bonds is 3. The molecule has 21 heavy (non-hydrogen) atoms. The van der Waals surface area contributed by atoms with E-state index in [2.05, 4.69) is 14.7 Å². The van der Waals surface area contributed by atoms with Crippen LogP contribution in [0.1, 0.15) is 11.1 Å². The fourth-order valence-corrected chi connectivity index (χ4v) is 3.48. The molecule has 6 heteroatoms. The maximum absolute atomic E-state index is 12.5. The second-order valence-electron chi connectivity index (χ2n) is 4.95. The van der Waals surface area contributed by atoms with E-state index in [9.17, 15) is 8.42 Å². The standard InChI is InChI=1S/C15H15N3O2S/c1-10-4-3-5-11(2)15(10)18-21(19,20)12-6-7-13-14(8-12)17-9-16-13/h3-9,18H,1-2H3,(H,16,17). The summed E-state index contributed by atoms with van der Waals surface area (Å²) in [7, 11) is -3.63. The minimum Gasteiger partial charge on any atom is -0.345 e. The molecule has 3 rings (SSSR count). The Morgan fingerprint density at radius 1 is 1.10 bits per heavy atom. The van der Waals surface area contributed by atoms with Crippen LogP contribution in [0.5, 0.6) is 0 Å². The lowest BCUT2D eigenvalue weighted by Crippen LogP contribution is -2.14. The lowest BCUT2D eigenvalue weighted by Gasteiger charge is -2.13. The van der Waals surface area contributed by atoms with Crippen LogP contribution >= 0.6 is 0 Å². The van der Waals surface area contributed by atoms with Gasteiger partial charge < -0.3 is 4.98 Å². The van der Waals surface area contributed by atoms with Crippen molar-refractivity contribution >= 4 is 26.7 Å². The Kier molecular flexibility index (Phi) is 3.17. The van der Waals surface area contributed by atoms with E-state index in [0.717, 1.165) is 16.6 Å². The highest BCUT2D eigenvalue weighted by Crippen LogP contribution is 2.24. The molecular weight excluding hydrogens is 286 g/mol. The zero-order valence-corrected chi connectivity index (χ0v) is 12.5. The Morgan fingerprint density at radius 2 is 1.81 bits per heavy atom. The van der Waals surface area contributed by atoms with Gasteiger partial charge in [-0.2, -0.15) is 0 Å². The van der Waals surface area contributed by atoms with Crippen molar-refractivity contribution in [3.8, 4) is 0 Å². The molecule has 2 aromatic carbocycles. The minimum absolute atomic E-state index is 0.210. The van der Waals surface area contributed by atoms with Crippen LogP contribution in [-0.2, 0) is 10.0 Å². The summed E-state index contributed by atoms with van der Waals surface area (Å²) in [5, 5.41) is 0. The van der Waals surface area contributed by atoms with E-state index in [0.29, 0.717) is 11.2 Å². The van der Waals surface area contributed by atoms with Crippen LogP contribution in [0.4, 0.5) is 5.69 Å². The average molecular weight is 301 g/mol. The molecule has 3 aromatic rings. The lowest BCUT2D eigenvalue weighted by atomic mass is 10.1. The van der Waals surface area contributed by atoms with Crippen LogP contribution in [0.25, 0.3) is 11.0 Å². The first-order valence-corrected chi connectivity index (χ1v) is 7.98. The van der Waals surface area contributed by atoms with Gasteiger partial charge in [0.25, 0.3) is 10.0 Å². The predicted octanol–water partition coefficient (Wildman–Crippen LogP) is 2.98. The number of benzene rings is 2. The van der Waals surface area contributed by atoms with Crippen molar-refractivity contribution in [3.05, 3.63) is 53.9 Å². The number of nitrogens with zero attached hydrogens (tertiary/aromatic N) is 1. The smallest absolute Gasteiger partial charge is 0.261 e. The molecular formula is C15H15N3O2S. The minimum atomic E-state index is -3.63. The highest BCUT2D eigenvalue weighted by Gasteiger charge is 2.17. The van der Waals surface area contributed by atoms with Gasteiger partial charge >= 0.3 is 0 Å². The monoisotopic (exact) mass is 301 g/mol. The second-order valence-corrected chi connectivity index (χ2v) is 6.64. The molecule has 0 spiro atoms. The number of aromatic amines is 1. The van der Waals surface area contributed by atoms with Gasteiger partial charge in [0, 0.05) is 0 Å². The lowest BCUT2D eigenvalue weighted by molar-refractivity contribution is 0.601. The number of anilines is 1. The zero-order valence-electron chi connectivity index (χ0n) is 11.7. The van der Waals surface area contributed by atoms with Crippen molar-refractivity contribution in [2.45, 2.75) is 18.7 Å². The third kappa shape index (κ3) is 2.50. The Hall–Kier alpha value is -2.34. The van der Waals surface area contributed by atoms with Crippen molar-refractivity contribution < 1.29 is 8.42 Å². The van der Waals surface area contributed by atoms with Crippen molar-refractivity contribution in [3.63, 3.8) is 0 Å². The number of hydrogen-bond acceptors (Lipinski definition) is 3. The summed E-state index contributed by atoms with van der Waals surface area (Å²) in [6.07, 6.45) is 1.54. The molecule has 1 heterocycles. The van der Waals surface area contributed by atoms with Crippen LogP contribution in [-0.4, -0.2) is 18.4 Å². The van der Waals surface area contributed by atoms with Gasteiger partial charge in [-0.1, -0.05) is 18.2 Å². The zero-order chi connectivity index (χ0) is 15.0. The van der Waals surface area contributed by atoms with Gasteiger partial charge in [-0.15, -0.1) is 0 Å². The number of fused-ring (bicyclic) bond motifs is 1. The van der Waals surface area contributed by atoms with Gasteiger partial charge in [-0.25, -0.2) is 13.4 Å². The SMILES string of the molecule is Cc1cccc(C)c1NS(=O)(=O)c1ccc2nc[nH]c2c1. The number of H-pyrrole nitrogens is 1. The van der Waals surface area contributed by atoms with Crippen LogP contribution in [0.3, 0.4) is 0 Å². The molecule has 0 amide bonds. The van der Waals surface area contributed by atoms with E-state index in [1.807, 2.05) is 32.0 Å². The predicted molar refractivity (Wildman–Crippen MR) is 82.8 cm³/mol. The molecule has 0 fully saturated rings. The number of para-hydroxylation sites is 1. The number of aryl methyl sites for hydroxylation is 2. The number of hydrogen-bond donors (Lipinski definition) is 2. The van der Waals surface area contributed by atoms with Crippen LogP contribution in [0.2, 0.25) is 0 Å². The fourth-order valence-electron chi connectivity index (χ4n) is 2.25. The molecule has 0 aliphatic carbocycles. The third-order valence-corrected chi connectivity index (χ3v) is 4.77. The first-order valence-electron chi connectivity index (χ1n) is 6.49. The summed E-state index contributed by atoms with van der Waals surface area (Å²) in [6, 6.07) is 10.5. The van der Waals surface area contributed by atoms with E-state index in [1.54, 1.807) is 24.5 Å². The molecule has 2 N–H and O–H groups in total. The quantitative estimate of drug-likeness (QED) is 0.781.